The second kappa shape index (κ2) is 6.76. The first kappa shape index (κ1) is 15.6. The van der Waals surface area contributed by atoms with Gasteiger partial charge < -0.3 is 4.42 Å². The van der Waals surface area contributed by atoms with Gasteiger partial charge in [-0.25, -0.2) is 5.84 Å². The van der Waals surface area contributed by atoms with Crippen molar-refractivity contribution in [3.05, 3.63) is 58.0 Å². The molecule has 2 aromatic rings. The van der Waals surface area contributed by atoms with Crippen molar-refractivity contribution in [2.75, 3.05) is 7.05 Å². The van der Waals surface area contributed by atoms with E-state index in [0.29, 0.717) is 18.8 Å². The van der Waals surface area contributed by atoms with E-state index in [1.54, 1.807) is 0 Å². The third-order valence-corrected chi connectivity index (χ3v) is 3.50. The molecule has 0 aliphatic rings. The Morgan fingerprint density at radius 1 is 1.38 bits per heavy atom. The van der Waals surface area contributed by atoms with E-state index in [2.05, 4.69) is 10.3 Å². The van der Waals surface area contributed by atoms with Gasteiger partial charge >= 0.3 is 5.91 Å². The summed E-state index contributed by atoms with van der Waals surface area (Å²) in [5.41, 5.74) is 3.88. The average Bonchev–Trinajstić information content (AvgIpc) is 2.81. The number of nitrogen functional groups attached to an aromatic ring is 1. The number of carbonyl (C=O) groups excluding carboxylic acids is 1. The number of benzene rings is 1. The van der Waals surface area contributed by atoms with E-state index < -0.39 is 5.91 Å². The van der Waals surface area contributed by atoms with Crippen molar-refractivity contribution in [3.63, 3.8) is 0 Å². The molecule has 0 saturated carbocycles. The van der Waals surface area contributed by atoms with Gasteiger partial charge in [-0.1, -0.05) is 29.8 Å². The van der Waals surface area contributed by atoms with Crippen molar-refractivity contribution in [2.24, 2.45) is 5.84 Å². The lowest BCUT2D eigenvalue weighted by Crippen LogP contribution is -2.30. The Bertz CT molecular complexity index is 640. The quantitative estimate of drug-likeness (QED) is 0.506. The van der Waals surface area contributed by atoms with Crippen LogP contribution in [0.25, 0.3) is 0 Å². The fourth-order valence-electron chi connectivity index (χ4n) is 2.16. The predicted molar refractivity (Wildman–Crippen MR) is 81.7 cm³/mol. The number of rotatable bonds is 5. The Hall–Kier alpha value is -1.82. The number of aryl methyl sites for hydroxylation is 1. The van der Waals surface area contributed by atoms with E-state index >= 15 is 0 Å². The Labute approximate surface area is 128 Å². The highest BCUT2D eigenvalue weighted by atomic mass is 35.5. The van der Waals surface area contributed by atoms with Crippen LogP contribution >= 0.6 is 11.6 Å². The van der Waals surface area contributed by atoms with Crippen molar-refractivity contribution in [3.8, 4) is 0 Å². The van der Waals surface area contributed by atoms with Gasteiger partial charge in [-0.2, -0.15) is 0 Å². The number of hydrogen-bond donors (Lipinski definition) is 2. The van der Waals surface area contributed by atoms with Crippen molar-refractivity contribution < 1.29 is 9.21 Å². The first-order valence-electron chi connectivity index (χ1n) is 6.53. The summed E-state index contributed by atoms with van der Waals surface area (Å²) in [6, 6.07) is 9.55. The molecule has 1 aromatic heterocycles. The molecule has 21 heavy (non-hydrogen) atoms. The first-order chi connectivity index (χ1) is 10.0. The van der Waals surface area contributed by atoms with E-state index in [1.807, 2.05) is 44.3 Å². The monoisotopic (exact) mass is 307 g/mol. The van der Waals surface area contributed by atoms with Crippen LogP contribution < -0.4 is 11.3 Å². The molecule has 0 spiro atoms. The van der Waals surface area contributed by atoms with E-state index in [-0.39, 0.29) is 5.76 Å². The molecule has 5 nitrogen and oxygen atoms in total. The smallest absolute Gasteiger partial charge is 0.301 e. The minimum Gasteiger partial charge on any atom is -0.454 e. The average molecular weight is 308 g/mol. The van der Waals surface area contributed by atoms with Gasteiger partial charge in [-0.3, -0.25) is 15.1 Å². The van der Waals surface area contributed by atoms with Crippen LogP contribution in [0.2, 0.25) is 5.02 Å². The van der Waals surface area contributed by atoms with Crippen LogP contribution in [-0.4, -0.2) is 17.9 Å². The highest BCUT2D eigenvalue weighted by Gasteiger charge is 2.15. The largest absolute Gasteiger partial charge is 0.454 e. The predicted octanol–water partition coefficient (Wildman–Crippen LogP) is 2.48. The van der Waals surface area contributed by atoms with Crippen LogP contribution in [0, 0.1) is 6.92 Å². The lowest BCUT2D eigenvalue weighted by atomic mass is 10.2. The molecule has 6 heteroatoms. The highest BCUT2D eigenvalue weighted by Crippen LogP contribution is 2.19. The summed E-state index contributed by atoms with van der Waals surface area (Å²) in [6.07, 6.45) is 0. The molecule has 0 fully saturated rings. The number of carbonyl (C=O) groups is 1. The van der Waals surface area contributed by atoms with Gasteiger partial charge in [0, 0.05) is 17.1 Å². The molecule has 0 aliphatic heterocycles. The number of halogens is 1. The molecule has 2 rings (SSSR count). The molecule has 1 heterocycles. The van der Waals surface area contributed by atoms with Crippen LogP contribution in [0.5, 0.6) is 0 Å². The number of furan rings is 1. The topological polar surface area (TPSA) is 71.5 Å². The van der Waals surface area contributed by atoms with Gasteiger partial charge in [-0.05, 0) is 31.7 Å². The van der Waals surface area contributed by atoms with E-state index in [4.69, 9.17) is 21.9 Å². The maximum Gasteiger partial charge on any atom is 0.301 e. The Balaban J connectivity index is 2.05. The van der Waals surface area contributed by atoms with Gasteiger partial charge in [0.1, 0.15) is 5.76 Å². The molecular formula is C15H18ClN3O2. The number of nitrogens with zero attached hydrogens (tertiary/aromatic N) is 1. The summed E-state index contributed by atoms with van der Waals surface area (Å²) in [6.45, 7) is 3.08. The lowest BCUT2D eigenvalue weighted by molar-refractivity contribution is 0.0921. The Morgan fingerprint density at radius 2 is 2.10 bits per heavy atom. The molecular weight excluding hydrogens is 290 g/mol. The zero-order valence-corrected chi connectivity index (χ0v) is 12.8. The van der Waals surface area contributed by atoms with Crippen LogP contribution in [0.15, 0.2) is 34.7 Å². The van der Waals surface area contributed by atoms with Gasteiger partial charge in [0.05, 0.1) is 6.54 Å². The van der Waals surface area contributed by atoms with Gasteiger partial charge in [0.15, 0.2) is 5.76 Å². The van der Waals surface area contributed by atoms with E-state index in [0.717, 1.165) is 16.1 Å². The van der Waals surface area contributed by atoms with Gasteiger partial charge in [0.25, 0.3) is 0 Å². The zero-order chi connectivity index (χ0) is 15.4. The van der Waals surface area contributed by atoms with E-state index in [1.165, 1.54) is 0 Å². The molecule has 0 aliphatic carbocycles. The molecule has 3 N–H and O–H groups in total. The molecule has 1 amide bonds. The van der Waals surface area contributed by atoms with Crippen LogP contribution in [0.3, 0.4) is 0 Å². The third kappa shape index (κ3) is 3.85. The lowest BCUT2D eigenvalue weighted by Gasteiger charge is -2.16. The summed E-state index contributed by atoms with van der Waals surface area (Å²) >= 11 is 6.14. The maximum absolute atomic E-state index is 11.5. The SMILES string of the molecule is Cc1cc(CN(C)Cc2ccccc2Cl)oc1C(=O)NN. The summed E-state index contributed by atoms with van der Waals surface area (Å²) in [5, 5.41) is 0.739. The second-order valence-electron chi connectivity index (χ2n) is 4.96. The number of hydrogen-bond acceptors (Lipinski definition) is 4. The normalized spacial score (nSPS) is 10.9. The summed E-state index contributed by atoms with van der Waals surface area (Å²) in [4.78, 5) is 13.6. The summed E-state index contributed by atoms with van der Waals surface area (Å²) in [5.74, 6) is 5.65. The van der Waals surface area contributed by atoms with Crippen molar-refractivity contribution in [1.82, 2.24) is 10.3 Å². The molecule has 112 valence electrons. The number of nitrogens with two attached hydrogens (primary N) is 1. The fourth-order valence-corrected chi connectivity index (χ4v) is 2.35. The number of amides is 1. The minimum absolute atomic E-state index is 0.249. The third-order valence-electron chi connectivity index (χ3n) is 3.13. The van der Waals surface area contributed by atoms with Crippen LogP contribution in [0.1, 0.15) is 27.4 Å². The fraction of sp³-hybridized carbons (Fsp3) is 0.267. The summed E-state index contributed by atoms with van der Waals surface area (Å²) < 4.78 is 5.54. The molecule has 0 radical (unpaired) electrons. The Kier molecular flexibility index (Phi) is 5.01. The molecule has 0 unspecified atom stereocenters. The molecule has 1 aromatic carbocycles. The molecule has 0 bridgehead atoms. The van der Waals surface area contributed by atoms with Crippen LogP contribution in [-0.2, 0) is 13.1 Å². The second-order valence-corrected chi connectivity index (χ2v) is 5.37. The first-order valence-corrected chi connectivity index (χ1v) is 6.91. The number of nitrogens with one attached hydrogen (secondary N) is 1. The van der Waals surface area contributed by atoms with Gasteiger partial charge in [0.2, 0.25) is 0 Å². The highest BCUT2D eigenvalue weighted by molar-refractivity contribution is 6.31. The van der Waals surface area contributed by atoms with E-state index in [9.17, 15) is 4.79 Å². The Morgan fingerprint density at radius 3 is 2.76 bits per heavy atom. The number of hydrazine groups is 1. The standard InChI is InChI=1S/C15H18ClN3O2/c1-10-7-12(21-14(10)15(20)18-17)9-19(2)8-11-5-3-4-6-13(11)16/h3-7H,8-9,17H2,1-2H3,(H,18,20). The van der Waals surface area contributed by atoms with Crippen molar-refractivity contribution in [2.45, 2.75) is 20.0 Å². The minimum atomic E-state index is -0.424. The summed E-state index contributed by atoms with van der Waals surface area (Å²) in [7, 11) is 1.96. The van der Waals surface area contributed by atoms with Crippen molar-refractivity contribution >= 4 is 17.5 Å². The molecule has 0 atom stereocenters. The van der Waals surface area contributed by atoms with Crippen molar-refractivity contribution in [1.29, 1.82) is 0 Å². The zero-order valence-electron chi connectivity index (χ0n) is 12.0. The van der Waals surface area contributed by atoms with Crippen LogP contribution in [0.4, 0.5) is 0 Å². The maximum atomic E-state index is 11.5. The van der Waals surface area contributed by atoms with Gasteiger partial charge in [-0.15, -0.1) is 0 Å². The molecule has 0 saturated heterocycles.